The van der Waals surface area contributed by atoms with E-state index in [1.165, 1.54) is 18.4 Å². The van der Waals surface area contributed by atoms with Crippen LogP contribution in [0, 0.1) is 18.3 Å². The van der Waals surface area contributed by atoms with Crippen LogP contribution in [-0.2, 0) is 0 Å². The van der Waals surface area contributed by atoms with Gasteiger partial charge in [0.15, 0.2) is 5.65 Å². The highest BCUT2D eigenvalue weighted by Gasteiger charge is 2.28. The van der Waals surface area contributed by atoms with Gasteiger partial charge >= 0.3 is 0 Å². The largest absolute Gasteiger partial charge is 0.473 e. The summed E-state index contributed by atoms with van der Waals surface area (Å²) in [5, 5.41) is 20.7. The molecule has 3 aromatic rings. The highest BCUT2D eigenvalue weighted by molar-refractivity contribution is 5.65. The van der Waals surface area contributed by atoms with E-state index in [-0.39, 0.29) is 6.10 Å². The Balaban J connectivity index is 1.54. The summed E-state index contributed by atoms with van der Waals surface area (Å²) in [5.74, 6) is 1.95. The van der Waals surface area contributed by atoms with Gasteiger partial charge in [-0.25, -0.2) is 0 Å². The monoisotopic (exact) mass is 388 g/mol. The molecule has 29 heavy (non-hydrogen) atoms. The maximum atomic E-state index is 9.29. The number of piperidine rings is 1. The minimum Gasteiger partial charge on any atom is -0.473 e. The molecule has 1 aromatic carbocycles. The first-order valence-corrected chi connectivity index (χ1v) is 10.2. The zero-order valence-corrected chi connectivity index (χ0v) is 16.5. The third-order valence-corrected chi connectivity index (χ3v) is 5.51. The number of nitrogens with one attached hydrogen (secondary N) is 2. The fraction of sp³-hybridized carbons (Fsp3) is 0.409. The van der Waals surface area contributed by atoms with Gasteiger partial charge in [0.1, 0.15) is 11.9 Å². The lowest BCUT2D eigenvalue weighted by Crippen LogP contribution is -2.37. The van der Waals surface area contributed by atoms with Gasteiger partial charge in [-0.1, -0.05) is 0 Å². The molecular weight excluding hydrogens is 364 g/mol. The van der Waals surface area contributed by atoms with Crippen molar-refractivity contribution in [3.8, 4) is 11.9 Å². The second-order valence-electron chi connectivity index (χ2n) is 8.00. The van der Waals surface area contributed by atoms with E-state index in [1.807, 2.05) is 41.9 Å². The molecule has 0 amide bonds. The molecule has 1 aliphatic carbocycles. The Morgan fingerprint density at radius 1 is 1.24 bits per heavy atom. The molecule has 0 radical (unpaired) electrons. The summed E-state index contributed by atoms with van der Waals surface area (Å²) in [6, 6.07) is 9.85. The van der Waals surface area contributed by atoms with E-state index in [1.54, 1.807) is 0 Å². The number of ether oxygens (including phenoxy) is 1. The number of nitrogens with zero attached hydrogens (tertiary/aromatic N) is 4. The number of hydrogen-bond donors (Lipinski definition) is 2. The highest BCUT2D eigenvalue weighted by Crippen LogP contribution is 2.42. The van der Waals surface area contributed by atoms with Gasteiger partial charge in [0.2, 0.25) is 5.88 Å². The second-order valence-corrected chi connectivity index (χ2v) is 8.00. The Labute approximate surface area is 169 Å². The molecule has 0 spiro atoms. The van der Waals surface area contributed by atoms with Crippen molar-refractivity contribution in [1.82, 2.24) is 19.9 Å². The fourth-order valence-corrected chi connectivity index (χ4v) is 3.95. The number of anilines is 2. The number of benzene rings is 1. The standard InChI is InChI=1S/C22H24N6O/c1-14-7-15(11-23)9-17(8-14)26-20-10-21(29-18-3-2-6-24-12-18)27-22-19(16-4-5-16)13-25-28(20)22/h7-10,13,16,18,24,26H,2-6,12H2,1H3/t18-/m0/s1. The van der Waals surface area contributed by atoms with Crippen LogP contribution in [0.5, 0.6) is 5.88 Å². The van der Waals surface area contributed by atoms with Crippen molar-refractivity contribution >= 4 is 17.2 Å². The van der Waals surface area contributed by atoms with Gasteiger partial charge < -0.3 is 15.4 Å². The fourth-order valence-electron chi connectivity index (χ4n) is 3.95. The van der Waals surface area contributed by atoms with Gasteiger partial charge in [0.25, 0.3) is 0 Å². The molecule has 2 aromatic heterocycles. The van der Waals surface area contributed by atoms with Gasteiger partial charge in [-0.3, -0.25) is 0 Å². The zero-order valence-electron chi connectivity index (χ0n) is 16.5. The van der Waals surface area contributed by atoms with Crippen LogP contribution in [0.15, 0.2) is 30.5 Å². The Kier molecular flexibility index (Phi) is 4.57. The molecule has 0 bridgehead atoms. The molecule has 2 aliphatic rings. The minimum absolute atomic E-state index is 0.128. The maximum Gasteiger partial charge on any atom is 0.219 e. The first-order chi connectivity index (χ1) is 14.2. The van der Waals surface area contributed by atoms with Crippen LogP contribution in [0.25, 0.3) is 5.65 Å². The van der Waals surface area contributed by atoms with Crippen LogP contribution in [-0.4, -0.2) is 33.8 Å². The summed E-state index contributed by atoms with van der Waals surface area (Å²) in [6.07, 6.45) is 6.57. The van der Waals surface area contributed by atoms with Crippen molar-refractivity contribution < 1.29 is 4.74 Å². The molecular formula is C22H24N6O. The van der Waals surface area contributed by atoms with Crippen LogP contribution in [0.4, 0.5) is 11.5 Å². The van der Waals surface area contributed by atoms with Crippen molar-refractivity contribution in [2.75, 3.05) is 18.4 Å². The van der Waals surface area contributed by atoms with Crippen LogP contribution >= 0.6 is 0 Å². The SMILES string of the molecule is Cc1cc(C#N)cc(Nc2cc(O[C@H]3CCCNC3)nc3c(C4CC4)cnn23)c1. The molecule has 148 valence electrons. The first-order valence-electron chi connectivity index (χ1n) is 10.2. The highest BCUT2D eigenvalue weighted by atomic mass is 16.5. The number of hydrogen-bond acceptors (Lipinski definition) is 6. The third-order valence-electron chi connectivity index (χ3n) is 5.51. The molecule has 2 N–H and O–H groups in total. The predicted molar refractivity (Wildman–Crippen MR) is 111 cm³/mol. The predicted octanol–water partition coefficient (Wildman–Crippen LogP) is 3.66. The molecule has 1 atom stereocenters. The number of aryl methyl sites for hydroxylation is 1. The average Bonchev–Trinajstić information content (AvgIpc) is 3.47. The first kappa shape index (κ1) is 18.0. The van der Waals surface area contributed by atoms with Gasteiger partial charge in [-0.15, -0.1) is 0 Å². The van der Waals surface area contributed by atoms with Crippen molar-refractivity contribution in [3.05, 3.63) is 47.2 Å². The molecule has 2 fully saturated rings. The molecule has 0 unspecified atom stereocenters. The summed E-state index contributed by atoms with van der Waals surface area (Å²) >= 11 is 0. The van der Waals surface area contributed by atoms with Crippen LogP contribution < -0.4 is 15.4 Å². The van der Waals surface area contributed by atoms with Crippen LogP contribution in [0.2, 0.25) is 0 Å². The molecule has 7 nitrogen and oxygen atoms in total. The van der Waals surface area contributed by atoms with E-state index in [0.29, 0.717) is 17.4 Å². The summed E-state index contributed by atoms with van der Waals surface area (Å²) in [6.45, 7) is 3.87. The number of rotatable bonds is 5. The van der Waals surface area contributed by atoms with Gasteiger partial charge in [0.05, 0.1) is 17.8 Å². The summed E-state index contributed by atoms with van der Waals surface area (Å²) in [7, 11) is 0. The van der Waals surface area contributed by atoms with E-state index >= 15 is 0 Å². The second kappa shape index (κ2) is 7.37. The van der Waals surface area contributed by atoms with Crippen molar-refractivity contribution in [2.45, 2.75) is 44.6 Å². The normalized spacial score (nSPS) is 19.1. The Bertz CT molecular complexity index is 1090. The number of nitriles is 1. The molecule has 1 aliphatic heterocycles. The van der Waals surface area contributed by atoms with Crippen LogP contribution in [0.1, 0.15) is 48.3 Å². The summed E-state index contributed by atoms with van der Waals surface area (Å²) in [5.41, 5.74) is 4.54. The number of aromatic nitrogens is 3. The minimum atomic E-state index is 0.128. The van der Waals surface area contributed by atoms with Crippen molar-refractivity contribution in [2.24, 2.45) is 0 Å². The lowest BCUT2D eigenvalue weighted by Gasteiger charge is -2.23. The molecule has 3 heterocycles. The van der Waals surface area contributed by atoms with Gasteiger partial charge in [-0.2, -0.15) is 19.9 Å². The Hall–Kier alpha value is -3.11. The number of fused-ring (bicyclic) bond motifs is 1. The lowest BCUT2D eigenvalue weighted by molar-refractivity contribution is 0.161. The van der Waals surface area contributed by atoms with E-state index in [4.69, 9.17) is 9.72 Å². The summed E-state index contributed by atoms with van der Waals surface area (Å²) < 4.78 is 8.07. The van der Waals surface area contributed by atoms with Crippen molar-refractivity contribution in [1.29, 1.82) is 5.26 Å². The van der Waals surface area contributed by atoms with E-state index in [9.17, 15) is 5.26 Å². The van der Waals surface area contributed by atoms with Crippen molar-refractivity contribution in [3.63, 3.8) is 0 Å². The van der Waals surface area contributed by atoms with E-state index < -0.39 is 0 Å². The van der Waals surface area contributed by atoms with Gasteiger partial charge in [-0.05, 0) is 68.8 Å². The van der Waals surface area contributed by atoms with Gasteiger partial charge in [0, 0.05) is 23.9 Å². The smallest absolute Gasteiger partial charge is 0.219 e. The van der Waals surface area contributed by atoms with Crippen LogP contribution in [0.3, 0.4) is 0 Å². The molecule has 1 saturated carbocycles. The Morgan fingerprint density at radius 3 is 2.90 bits per heavy atom. The average molecular weight is 388 g/mol. The quantitative estimate of drug-likeness (QED) is 0.694. The maximum absolute atomic E-state index is 9.29. The third kappa shape index (κ3) is 3.76. The topological polar surface area (TPSA) is 87.3 Å². The molecule has 1 saturated heterocycles. The molecule has 5 rings (SSSR count). The summed E-state index contributed by atoms with van der Waals surface area (Å²) in [4.78, 5) is 4.80. The van der Waals surface area contributed by atoms with E-state index in [0.717, 1.165) is 48.6 Å². The lowest BCUT2D eigenvalue weighted by atomic mass is 10.1. The zero-order chi connectivity index (χ0) is 19.8. The Morgan fingerprint density at radius 2 is 2.14 bits per heavy atom. The molecule has 7 heteroatoms. The van der Waals surface area contributed by atoms with E-state index in [2.05, 4.69) is 21.8 Å².